The predicted octanol–water partition coefficient (Wildman–Crippen LogP) is 2.20. The average Bonchev–Trinajstić information content (AvgIpc) is 2.87. The molecule has 2 heterocycles. The van der Waals surface area contributed by atoms with Gasteiger partial charge in [-0.1, -0.05) is 18.6 Å². The molecule has 0 aliphatic carbocycles. The van der Waals surface area contributed by atoms with Crippen LogP contribution in [0.15, 0.2) is 18.2 Å². The maximum Gasteiger partial charge on any atom is 0.122 e. The Morgan fingerprint density at radius 2 is 2.32 bits per heavy atom. The molecular formula is C16H24N2O. The van der Waals surface area contributed by atoms with Crippen molar-refractivity contribution in [3.63, 3.8) is 0 Å². The molecule has 1 fully saturated rings. The van der Waals surface area contributed by atoms with Gasteiger partial charge in [-0.2, -0.15) is 0 Å². The number of benzene rings is 1. The van der Waals surface area contributed by atoms with E-state index < -0.39 is 0 Å². The summed E-state index contributed by atoms with van der Waals surface area (Å²) in [6, 6.07) is 7.32. The average molecular weight is 260 g/mol. The van der Waals surface area contributed by atoms with Crippen molar-refractivity contribution in [2.75, 3.05) is 26.7 Å². The van der Waals surface area contributed by atoms with Crippen LogP contribution in [-0.4, -0.2) is 37.7 Å². The highest BCUT2D eigenvalue weighted by Crippen LogP contribution is 2.26. The van der Waals surface area contributed by atoms with Crippen molar-refractivity contribution in [2.24, 2.45) is 0 Å². The lowest BCUT2D eigenvalue weighted by atomic mass is 10.0. The Kier molecular flexibility index (Phi) is 4.04. The monoisotopic (exact) mass is 260 g/mol. The van der Waals surface area contributed by atoms with E-state index in [1.54, 1.807) is 0 Å². The number of hydrogen-bond acceptors (Lipinski definition) is 3. The van der Waals surface area contributed by atoms with Crippen molar-refractivity contribution < 1.29 is 4.74 Å². The van der Waals surface area contributed by atoms with Crippen LogP contribution < -0.4 is 10.1 Å². The lowest BCUT2D eigenvalue weighted by molar-refractivity contribution is 0.256. The molecule has 1 atom stereocenters. The van der Waals surface area contributed by atoms with Gasteiger partial charge in [0, 0.05) is 25.6 Å². The summed E-state index contributed by atoms with van der Waals surface area (Å²) in [6.07, 6.45) is 5.10. The van der Waals surface area contributed by atoms with Crippen molar-refractivity contribution in [2.45, 2.75) is 38.3 Å². The van der Waals surface area contributed by atoms with Crippen LogP contribution in [0.1, 0.15) is 30.4 Å². The Bertz CT molecular complexity index is 427. The molecular weight excluding hydrogens is 236 g/mol. The fourth-order valence-electron chi connectivity index (χ4n) is 3.17. The zero-order valence-electron chi connectivity index (χ0n) is 11.8. The van der Waals surface area contributed by atoms with E-state index in [4.69, 9.17) is 4.74 Å². The molecule has 0 amide bonds. The fourth-order valence-corrected chi connectivity index (χ4v) is 3.17. The first-order valence-corrected chi connectivity index (χ1v) is 7.48. The third-order valence-electron chi connectivity index (χ3n) is 4.15. The van der Waals surface area contributed by atoms with Crippen LogP contribution in [0, 0.1) is 0 Å². The lowest BCUT2D eigenvalue weighted by Crippen LogP contribution is -2.42. The Morgan fingerprint density at radius 3 is 3.16 bits per heavy atom. The number of likely N-dealkylation sites (N-methyl/N-ethyl adjacent to an activating group) is 1. The molecule has 2 aliphatic rings. The van der Waals surface area contributed by atoms with E-state index in [0.717, 1.165) is 31.9 Å². The van der Waals surface area contributed by atoms with Gasteiger partial charge in [-0.15, -0.1) is 0 Å². The maximum atomic E-state index is 5.56. The second kappa shape index (κ2) is 5.93. The Labute approximate surface area is 115 Å². The number of ether oxygens (including phenoxy) is 1. The van der Waals surface area contributed by atoms with Gasteiger partial charge in [0.1, 0.15) is 5.75 Å². The second-order valence-electron chi connectivity index (χ2n) is 5.88. The molecule has 19 heavy (non-hydrogen) atoms. The van der Waals surface area contributed by atoms with E-state index in [1.165, 1.54) is 36.9 Å². The minimum atomic E-state index is 0.677. The van der Waals surface area contributed by atoms with Gasteiger partial charge in [0.25, 0.3) is 0 Å². The number of hydrogen-bond donors (Lipinski definition) is 1. The highest BCUT2D eigenvalue weighted by atomic mass is 16.5. The van der Waals surface area contributed by atoms with E-state index >= 15 is 0 Å². The van der Waals surface area contributed by atoms with Crippen LogP contribution in [0.3, 0.4) is 0 Å². The summed E-state index contributed by atoms with van der Waals surface area (Å²) < 4.78 is 5.56. The van der Waals surface area contributed by atoms with Gasteiger partial charge in [0.2, 0.25) is 0 Å². The maximum absolute atomic E-state index is 5.56. The smallest absolute Gasteiger partial charge is 0.122 e. The van der Waals surface area contributed by atoms with E-state index in [9.17, 15) is 0 Å². The number of fused-ring (bicyclic) bond motifs is 1. The third kappa shape index (κ3) is 3.28. The Morgan fingerprint density at radius 1 is 1.37 bits per heavy atom. The number of piperidine rings is 1. The van der Waals surface area contributed by atoms with Gasteiger partial charge in [0.05, 0.1) is 6.61 Å². The van der Waals surface area contributed by atoms with Gasteiger partial charge in [0.15, 0.2) is 0 Å². The summed E-state index contributed by atoms with van der Waals surface area (Å²) in [5.74, 6) is 1.08. The van der Waals surface area contributed by atoms with E-state index in [1.807, 2.05) is 0 Å². The highest BCUT2D eigenvalue weighted by Gasteiger charge is 2.16. The normalized spacial score (nSPS) is 22.3. The van der Waals surface area contributed by atoms with Crippen LogP contribution in [-0.2, 0) is 13.0 Å². The van der Waals surface area contributed by atoms with Crippen molar-refractivity contribution in [1.82, 2.24) is 10.2 Å². The molecule has 0 saturated carbocycles. The summed E-state index contributed by atoms with van der Waals surface area (Å²) in [7, 11) is 2.22. The largest absolute Gasteiger partial charge is 0.493 e. The SMILES string of the molecule is CN(Cc1ccc2c(c1)CCO2)CC1CCCCN1. The Balaban J connectivity index is 1.55. The summed E-state index contributed by atoms with van der Waals surface area (Å²) >= 11 is 0. The summed E-state index contributed by atoms with van der Waals surface area (Å²) in [6.45, 7) is 4.22. The van der Waals surface area contributed by atoms with Crippen LogP contribution in [0.4, 0.5) is 0 Å². The van der Waals surface area contributed by atoms with Gasteiger partial charge in [-0.05, 0) is 43.6 Å². The van der Waals surface area contributed by atoms with Crippen molar-refractivity contribution in [1.29, 1.82) is 0 Å². The van der Waals surface area contributed by atoms with E-state index in [0.29, 0.717) is 6.04 Å². The molecule has 0 bridgehead atoms. The van der Waals surface area contributed by atoms with Crippen molar-refractivity contribution in [3.05, 3.63) is 29.3 Å². The molecule has 3 nitrogen and oxygen atoms in total. The van der Waals surface area contributed by atoms with E-state index in [-0.39, 0.29) is 0 Å². The minimum Gasteiger partial charge on any atom is -0.493 e. The molecule has 1 unspecified atom stereocenters. The molecule has 3 rings (SSSR count). The molecule has 104 valence electrons. The number of nitrogens with one attached hydrogen (secondary N) is 1. The highest BCUT2D eigenvalue weighted by molar-refractivity contribution is 5.39. The number of nitrogens with zero attached hydrogens (tertiary/aromatic N) is 1. The molecule has 0 aromatic heterocycles. The quantitative estimate of drug-likeness (QED) is 0.898. The summed E-state index contributed by atoms with van der Waals surface area (Å²) in [5.41, 5.74) is 2.78. The van der Waals surface area contributed by atoms with Gasteiger partial charge in [-0.25, -0.2) is 0 Å². The molecule has 0 spiro atoms. The standard InChI is InChI=1S/C16H24N2O/c1-18(12-15-4-2-3-8-17-15)11-13-5-6-16-14(10-13)7-9-19-16/h5-6,10,15,17H,2-4,7-9,11-12H2,1H3. The summed E-state index contributed by atoms with van der Waals surface area (Å²) in [5, 5.41) is 3.62. The van der Waals surface area contributed by atoms with Gasteiger partial charge >= 0.3 is 0 Å². The first kappa shape index (κ1) is 12.9. The predicted molar refractivity (Wildman–Crippen MR) is 77.6 cm³/mol. The van der Waals surface area contributed by atoms with E-state index in [2.05, 4.69) is 35.5 Å². The fraction of sp³-hybridized carbons (Fsp3) is 0.625. The topological polar surface area (TPSA) is 24.5 Å². The van der Waals surface area contributed by atoms with Crippen LogP contribution >= 0.6 is 0 Å². The zero-order chi connectivity index (χ0) is 13.1. The first-order chi connectivity index (χ1) is 9.31. The molecule has 1 saturated heterocycles. The molecule has 3 heteroatoms. The van der Waals surface area contributed by atoms with Crippen LogP contribution in [0.2, 0.25) is 0 Å². The third-order valence-corrected chi connectivity index (χ3v) is 4.15. The molecule has 1 aromatic carbocycles. The molecule has 0 radical (unpaired) electrons. The Hall–Kier alpha value is -1.06. The first-order valence-electron chi connectivity index (χ1n) is 7.48. The minimum absolute atomic E-state index is 0.677. The zero-order valence-corrected chi connectivity index (χ0v) is 11.8. The molecule has 1 N–H and O–H groups in total. The molecule has 2 aliphatic heterocycles. The second-order valence-corrected chi connectivity index (χ2v) is 5.88. The van der Waals surface area contributed by atoms with Crippen LogP contribution in [0.25, 0.3) is 0 Å². The van der Waals surface area contributed by atoms with Crippen molar-refractivity contribution in [3.8, 4) is 5.75 Å². The lowest BCUT2D eigenvalue weighted by Gasteiger charge is -2.28. The van der Waals surface area contributed by atoms with Crippen LogP contribution in [0.5, 0.6) is 5.75 Å². The van der Waals surface area contributed by atoms with Gasteiger partial charge in [-0.3, -0.25) is 0 Å². The van der Waals surface area contributed by atoms with Gasteiger partial charge < -0.3 is 15.0 Å². The summed E-state index contributed by atoms with van der Waals surface area (Å²) in [4.78, 5) is 2.43. The molecule has 1 aromatic rings. The number of rotatable bonds is 4. The van der Waals surface area contributed by atoms with Crippen molar-refractivity contribution >= 4 is 0 Å².